The first-order chi connectivity index (χ1) is 11.9. The highest BCUT2D eigenvalue weighted by Gasteiger charge is 2.28. The van der Waals surface area contributed by atoms with Crippen LogP contribution in [0.1, 0.15) is 18.1 Å². The molecule has 1 aliphatic rings. The van der Waals surface area contributed by atoms with Gasteiger partial charge in [-0.1, -0.05) is 23.8 Å². The standard InChI is InChI=1S/C18H15N3O4/c1-11-3-6-14(7-4-11)20-18(23)15(12(2)19-20)9-13-5-8-17(22)16(10-13)21(24)25/h3-10,22H,1-2H3. The van der Waals surface area contributed by atoms with Gasteiger partial charge in [0.15, 0.2) is 5.75 Å². The fourth-order valence-electron chi connectivity index (χ4n) is 2.49. The molecule has 0 fully saturated rings. The molecule has 3 rings (SSSR count). The van der Waals surface area contributed by atoms with E-state index in [1.807, 2.05) is 19.1 Å². The van der Waals surface area contributed by atoms with Crippen molar-refractivity contribution in [3.05, 3.63) is 69.3 Å². The van der Waals surface area contributed by atoms with E-state index in [9.17, 15) is 20.0 Å². The van der Waals surface area contributed by atoms with Gasteiger partial charge >= 0.3 is 5.69 Å². The molecule has 25 heavy (non-hydrogen) atoms. The summed E-state index contributed by atoms with van der Waals surface area (Å²) >= 11 is 0. The Kier molecular flexibility index (Phi) is 4.06. The van der Waals surface area contributed by atoms with Crippen LogP contribution in [0.4, 0.5) is 11.4 Å². The summed E-state index contributed by atoms with van der Waals surface area (Å²) in [4.78, 5) is 22.9. The summed E-state index contributed by atoms with van der Waals surface area (Å²) in [5.74, 6) is -0.728. The zero-order valence-corrected chi connectivity index (χ0v) is 13.6. The summed E-state index contributed by atoms with van der Waals surface area (Å²) in [6.07, 6.45) is 1.53. The Balaban J connectivity index is 1.96. The number of carbonyl (C=O) groups excluding carboxylic acids is 1. The van der Waals surface area contributed by atoms with Crippen LogP contribution in [0, 0.1) is 17.0 Å². The van der Waals surface area contributed by atoms with Gasteiger partial charge in [-0.2, -0.15) is 10.1 Å². The van der Waals surface area contributed by atoms with E-state index in [-0.39, 0.29) is 5.91 Å². The number of anilines is 1. The van der Waals surface area contributed by atoms with Crippen LogP contribution in [0.5, 0.6) is 5.75 Å². The van der Waals surface area contributed by atoms with Crippen LogP contribution in [0.3, 0.4) is 0 Å². The van der Waals surface area contributed by atoms with Crippen LogP contribution in [0.25, 0.3) is 6.08 Å². The van der Waals surface area contributed by atoms with Gasteiger partial charge in [0.1, 0.15) is 0 Å². The first-order valence-corrected chi connectivity index (χ1v) is 7.52. The number of nitrogens with zero attached hydrogens (tertiary/aromatic N) is 3. The molecule has 0 unspecified atom stereocenters. The Morgan fingerprint density at radius 1 is 1.16 bits per heavy atom. The molecule has 0 aromatic heterocycles. The number of aryl methyl sites for hydroxylation is 1. The third-order valence-corrected chi connectivity index (χ3v) is 3.85. The summed E-state index contributed by atoms with van der Waals surface area (Å²) in [7, 11) is 0. The molecule has 2 aromatic rings. The molecular formula is C18H15N3O4. The highest BCUT2D eigenvalue weighted by atomic mass is 16.6. The summed E-state index contributed by atoms with van der Waals surface area (Å²) in [5.41, 5.74) is 2.61. The molecule has 1 heterocycles. The van der Waals surface area contributed by atoms with E-state index in [4.69, 9.17) is 0 Å². The average molecular weight is 337 g/mol. The molecular weight excluding hydrogens is 322 g/mol. The zero-order valence-electron chi connectivity index (χ0n) is 13.6. The van der Waals surface area contributed by atoms with Gasteiger partial charge in [-0.15, -0.1) is 0 Å². The number of nitro groups is 1. The Labute approximate surface area is 143 Å². The van der Waals surface area contributed by atoms with E-state index >= 15 is 0 Å². The lowest BCUT2D eigenvalue weighted by molar-refractivity contribution is -0.385. The van der Waals surface area contributed by atoms with Crippen molar-refractivity contribution in [3.8, 4) is 5.75 Å². The lowest BCUT2D eigenvalue weighted by atomic mass is 10.1. The van der Waals surface area contributed by atoms with E-state index in [1.54, 1.807) is 19.1 Å². The third-order valence-electron chi connectivity index (χ3n) is 3.85. The zero-order chi connectivity index (χ0) is 18.1. The summed E-state index contributed by atoms with van der Waals surface area (Å²) in [6, 6.07) is 11.3. The topological polar surface area (TPSA) is 96.0 Å². The molecule has 0 saturated heterocycles. The number of hydrogen-bond acceptors (Lipinski definition) is 5. The number of carbonyl (C=O) groups is 1. The average Bonchev–Trinajstić information content (AvgIpc) is 2.85. The normalized spacial score (nSPS) is 15.6. The molecule has 0 bridgehead atoms. The Bertz CT molecular complexity index is 930. The first kappa shape index (κ1) is 16.4. The van der Waals surface area contributed by atoms with Crippen LogP contribution in [-0.4, -0.2) is 21.6 Å². The molecule has 1 aliphatic heterocycles. The number of hydrazone groups is 1. The minimum absolute atomic E-state index is 0.308. The second-order valence-corrected chi connectivity index (χ2v) is 5.70. The van der Waals surface area contributed by atoms with Gasteiger partial charge in [-0.3, -0.25) is 14.9 Å². The number of nitro benzene ring substituents is 1. The Morgan fingerprint density at radius 3 is 2.48 bits per heavy atom. The van der Waals surface area contributed by atoms with Crippen LogP contribution in [0.2, 0.25) is 0 Å². The van der Waals surface area contributed by atoms with E-state index in [1.165, 1.54) is 29.3 Å². The van der Waals surface area contributed by atoms with Gasteiger partial charge in [0.2, 0.25) is 0 Å². The fraction of sp³-hybridized carbons (Fsp3) is 0.111. The molecule has 0 atom stereocenters. The molecule has 0 saturated carbocycles. The van der Waals surface area contributed by atoms with Gasteiger partial charge in [0.05, 0.1) is 21.9 Å². The van der Waals surface area contributed by atoms with Crippen LogP contribution in [0.15, 0.2) is 53.1 Å². The second kappa shape index (κ2) is 6.20. The highest BCUT2D eigenvalue weighted by Crippen LogP contribution is 2.29. The van der Waals surface area contributed by atoms with Crippen molar-refractivity contribution in [2.75, 3.05) is 5.01 Å². The van der Waals surface area contributed by atoms with Gasteiger partial charge in [-0.25, -0.2) is 0 Å². The van der Waals surface area contributed by atoms with Crippen LogP contribution in [-0.2, 0) is 4.79 Å². The maximum Gasteiger partial charge on any atom is 0.311 e. The molecule has 1 N–H and O–H groups in total. The Morgan fingerprint density at radius 2 is 1.84 bits per heavy atom. The number of phenolic OH excluding ortho intramolecular Hbond substituents is 1. The summed E-state index contributed by atoms with van der Waals surface area (Å²) < 4.78 is 0. The van der Waals surface area contributed by atoms with Crippen molar-refractivity contribution < 1.29 is 14.8 Å². The van der Waals surface area contributed by atoms with Crippen LogP contribution < -0.4 is 5.01 Å². The van der Waals surface area contributed by atoms with Crippen molar-refractivity contribution >= 4 is 29.1 Å². The third kappa shape index (κ3) is 3.12. The van der Waals surface area contributed by atoms with Crippen molar-refractivity contribution in [3.63, 3.8) is 0 Å². The number of benzene rings is 2. The fourth-order valence-corrected chi connectivity index (χ4v) is 2.49. The molecule has 0 aliphatic carbocycles. The lowest BCUT2D eigenvalue weighted by Gasteiger charge is -2.11. The van der Waals surface area contributed by atoms with E-state index in [2.05, 4.69) is 5.10 Å². The predicted octanol–water partition coefficient (Wildman–Crippen LogP) is 3.41. The van der Waals surface area contributed by atoms with E-state index in [0.717, 1.165) is 5.56 Å². The van der Waals surface area contributed by atoms with Crippen molar-refractivity contribution in [1.82, 2.24) is 0 Å². The molecule has 2 aromatic carbocycles. The predicted molar refractivity (Wildman–Crippen MR) is 94.5 cm³/mol. The molecule has 126 valence electrons. The summed E-state index contributed by atoms with van der Waals surface area (Å²) in [6.45, 7) is 3.65. The number of amides is 1. The maximum absolute atomic E-state index is 12.7. The number of rotatable bonds is 3. The van der Waals surface area contributed by atoms with Crippen molar-refractivity contribution in [1.29, 1.82) is 0 Å². The quantitative estimate of drug-likeness (QED) is 0.527. The van der Waals surface area contributed by atoms with E-state index in [0.29, 0.717) is 22.5 Å². The van der Waals surface area contributed by atoms with Gasteiger partial charge < -0.3 is 5.11 Å². The van der Waals surface area contributed by atoms with Gasteiger partial charge in [-0.05, 0) is 43.7 Å². The molecule has 0 spiro atoms. The maximum atomic E-state index is 12.7. The largest absolute Gasteiger partial charge is 0.502 e. The molecule has 0 radical (unpaired) electrons. The van der Waals surface area contributed by atoms with Crippen molar-refractivity contribution in [2.45, 2.75) is 13.8 Å². The number of hydrogen-bond donors (Lipinski definition) is 1. The van der Waals surface area contributed by atoms with Crippen LogP contribution >= 0.6 is 0 Å². The molecule has 1 amide bonds. The highest BCUT2D eigenvalue weighted by molar-refractivity contribution is 6.32. The lowest BCUT2D eigenvalue weighted by Crippen LogP contribution is -2.21. The van der Waals surface area contributed by atoms with Gasteiger partial charge in [0, 0.05) is 6.07 Å². The molecule has 7 nitrogen and oxygen atoms in total. The van der Waals surface area contributed by atoms with E-state index < -0.39 is 16.4 Å². The summed E-state index contributed by atoms with van der Waals surface area (Å²) in [5, 5.41) is 26.0. The number of aromatic hydroxyl groups is 1. The SMILES string of the molecule is CC1=NN(c2ccc(C)cc2)C(=O)C1=Cc1ccc(O)c([N+](=O)[O-])c1. The monoisotopic (exact) mass is 337 g/mol. The van der Waals surface area contributed by atoms with Gasteiger partial charge in [0.25, 0.3) is 5.91 Å². The minimum Gasteiger partial charge on any atom is -0.502 e. The Hall–Kier alpha value is -3.48. The number of phenols is 1. The first-order valence-electron chi connectivity index (χ1n) is 7.52. The van der Waals surface area contributed by atoms with Crippen molar-refractivity contribution in [2.24, 2.45) is 5.10 Å². The molecule has 7 heteroatoms. The minimum atomic E-state index is -0.673. The second-order valence-electron chi connectivity index (χ2n) is 5.70. The smallest absolute Gasteiger partial charge is 0.311 e.